The van der Waals surface area contributed by atoms with Crippen molar-refractivity contribution in [3.63, 3.8) is 0 Å². The van der Waals surface area contributed by atoms with Crippen molar-refractivity contribution in [2.24, 2.45) is 0 Å². The Morgan fingerprint density at radius 3 is 2.79 bits per heavy atom. The van der Waals surface area contributed by atoms with E-state index >= 15 is 0 Å². The SMILES string of the molecule is Cc1ccc(C(=O)N2CCC(OCC3CCCO3)CC2)cc1CO. The van der Waals surface area contributed by atoms with Crippen molar-refractivity contribution in [2.45, 2.75) is 51.4 Å². The van der Waals surface area contributed by atoms with Crippen LogP contribution in [0.25, 0.3) is 0 Å². The zero-order valence-electron chi connectivity index (χ0n) is 14.4. The van der Waals surface area contributed by atoms with Crippen LogP contribution >= 0.6 is 0 Å². The van der Waals surface area contributed by atoms with Crippen LogP contribution in [0, 0.1) is 6.92 Å². The standard InChI is InChI=1S/C19H27NO4/c1-14-4-5-15(11-16(14)12-21)19(22)20-8-6-17(7-9-20)24-13-18-3-2-10-23-18/h4-5,11,17-18,21H,2-3,6-10,12-13H2,1H3. The molecule has 1 unspecified atom stereocenters. The highest BCUT2D eigenvalue weighted by atomic mass is 16.5. The lowest BCUT2D eigenvalue weighted by Gasteiger charge is -2.32. The number of aryl methyl sites for hydroxylation is 1. The highest BCUT2D eigenvalue weighted by Gasteiger charge is 2.25. The molecule has 1 aromatic carbocycles. The quantitative estimate of drug-likeness (QED) is 0.898. The lowest BCUT2D eigenvalue weighted by molar-refractivity contribution is -0.0395. The Kier molecular flexibility index (Phi) is 5.87. The summed E-state index contributed by atoms with van der Waals surface area (Å²) in [6.07, 6.45) is 4.46. The first-order valence-corrected chi connectivity index (χ1v) is 8.90. The fraction of sp³-hybridized carbons (Fsp3) is 0.632. The minimum Gasteiger partial charge on any atom is -0.392 e. The topological polar surface area (TPSA) is 59.0 Å². The van der Waals surface area contributed by atoms with Crippen LogP contribution in [0.1, 0.15) is 47.2 Å². The zero-order valence-corrected chi connectivity index (χ0v) is 14.4. The molecule has 0 bridgehead atoms. The molecule has 0 saturated carbocycles. The molecule has 2 saturated heterocycles. The third kappa shape index (κ3) is 4.15. The third-order valence-corrected chi connectivity index (χ3v) is 5.04. The number of aliphatic hydroxyl groups is 1. The molecule has 3 rings (SSSR count). The van der Waals surface area contributed by atoms with Gasteiger partial charge < -0.3 is 19.5 Å². The van der Waals surface area contributed by atoms with Crippen LogP contribution in [0.2, 0.25) is 0 Å². The van der Waals surface area contributed by atoms with Gasteiger partial charge in [-0.1, -0.05) is 6.07 Å². The van der Waals surface area contributed by atoms with Gasteiger partial charge in [-0.3, -0.25) is 4.79 Å². The van der Waals surface area contributed by atoms with Gasteiger partial charge in [-0.05, 0) is 55.9 Å². The number of hydrogen-bond donors (Lipinski definition) is 1. The van der Waals surface area contributed by atoms with E-state index in [-0.39, 0.29) is 24.7 Å². The van der Waals surface area contributed by atoms with E-state index in [2.05, 4.69) is 0 Å². The molecule has 24 heavy (non-hydrogen) atoms. The van der Waals surface area contributed by atoms with Gasteiger partial charge in [0, 0.05) is 25.3 Å². The van der Waals surface area contributed by atoms with E-state index in [0.29, 0.717) is 12.2 Å². The lowest BCUT2D eigenvalue weighted by atomic mass is 10.0. The van der Waals surface area contributed by atoms with E-state index in [4.69, 9.17) is 9.47 Å². The van der Waals surface area contributed by atoms with E-state index in [1.165, 1.54) is 0 Å². The van der Waals surface area contributed by atoms with Crippen molar-refractivity contribution < 1.29 is 19.4 Å². The zero-order chi connectivity index (χ0) is 16.9. The molecule has 5 heteroatoms. The lowest BCUT2D eigenvalue weighted by Crippen LogP contribution is -2.41. The van der Waals surface area contributed by atoms with Crippen LogP contribution in [-0.2, 0) is 16.1 Å². The van der Waals surface area contributed by atoms with Gasteiger partial charge in [-0.15, -0.1) is 0 Å². The van der Waals surface area contributed by atoms with E-state index in [9.17, 15) is 9.90 Å². The highest BCUT2D eigenvalue weighted by molar-refractivity contribution is 5.94. The van der Waals surface area contributed by atoms with Gasteiger partial charge in [-0.25, -0.2) is 0 Å². The molecular weight excluding hydrogens is 306 g/mol. The van der Waals surface area contributed by atoms with Crippen LogP contribution in [0.5, 0.6) is 0 Å². The van der Waals surface area contributed by atoms with E-state index < -0.39 is 0 Å². The number of carbonyl (C=O) groups excluding carboxylic acids is 1. The Bertz CT molecular complexity index is 560. The number of nitrogens with zero attached hydrogens (tertiary/aromatic N) is 1. The molecule has 1 amide bonds. The smallest absolute Gasteiger partial charge is 0.253 e. The molecule has 5 nitrogen and oxygen atoms in total. The predicted octanol–water partition coefficient (Wildman–Crippen LogP) is 2.29. The predicted molar refractivity (Wildman–Crippen MR) is 91.0 cm³/mol. The van der Waals surface area contributed by atoms with Crippen molar-refractivity contribution in [1.29, 1.82) is 0 Å². The van der Waals surface area contributed by atoms with Crippen molar-refractivity contribution in [2.75, 3.05) is 26.3 Å². The van der Waals surface area contributed by atoms with Gasteiger partial charge in [0.05, 0.1) is 25.4 Å². The van der Waals surface area contributed by atoms with E-state index in [0.717, 1.165) is 56.5 Å². The van der Waals surface area contributed by atoms with Crippen LogP contribution in [0.3, 0.4) is 0 Å². The number of piperidine rings is 1. The maximum absolute atomic E-state index is 12.6. The van der Waals surface area contributed by atoms with E-state index in [1.54, 1.807) is 6.07 Å². The maximum atomic E-state index is 12.6. The number of aliphatic hydroxyl groups excluding tert-OH is 1. The molecule has 1 aromatic rings. The molecule has 0 aromatic heterocycles. The van der Waals surface area contributed by atoms with Crippen LogP contribution < -0.4 is 0 Å². The van der Waals surface area contributed by atoms with Gasteiger partial charge in [0.15, 0.2) is 0 Å². The summed E-state index contributed by atoms with van der Waals surface area (Å²) in [5.41, 5.74) is 2.48. The largest absolute Gasteiger partial charge is 0.392 e. The third-order valence-electron chi connectivity index (χ3n) is 5.04. The first kappa shape index (κ1) is 17.4. The van der Waals surface area contributed by atoms with Crippen molar-refractivity contribution in [1.82, 2.24) is 4.90 Å². The van der Waals surface area contributed by atoms with Gasteiger partial charge in [0.1, 0.15) is 0 Å². The van der Waals surface area contributed by atoms with Crippen LogP contribution in [-0.4, -0.2) is 54.4 Å². The molecule has 2 aliphatic rings. The molecular formula is C19H27NO4. The van der Waals surface area contributed by atoms with Crippen molar-refractivity contribution in [3.8, 4) is 0 Å². The Balaban J connectivity index is 1.49. The number of amides is 1. The molecule has 0 aliphatic carbocycles. The normalized spacial score (nSPS) is 22.1. The molecule has 1 N–H and O–H groups in total. The summed E-state index contributed by atoms with van der Waals surface area (Å²) in [4.78, 5) is 14.5. The summed E-state index contributed by atoms with van der Waals surface area (Å²) in [5.74, 6) is 0.0438. The van der Waals surface area contributed by atoms with Crippen molar-refractivity contribution in [3.05, 3.63) is 34.9 Å². The molecule has 2 aliphatic heterocycles. The molecule has 1 atom stereocenters. The second-order valence-electron chi connectivity index (χ2n) is 6.76. The number of likely N-dealkylation sites (tertiary alicyclic amines) is 1. The number of rotatable bonds is 5. The summed E-state index contributed by atoms with van der Waals surface area (Å²) in [5, 5.41) is 9.37. The van der Waals surface area contributed by atoms with Crippen LogP contribution in [0.15, 0.2) is 18.2 Å². The molecule has 2 heterocycles. The fourth-order valence-corrected chi connectivity index (χ4v) is 3.40. The first-order valence-electron chi connectivity index (χ1n) is 8.90. The fourth-order valence-electron chi connectivity index (χ4n) is 3.40. The second-order valence-corrected chi connectivity index (χ2v) is 6.76. The average Bonchev–Trinajstić information content (AvgIpc) is 3.14. The minimum atomic E-state index is -0.0356. The number of carbonyl (C=O) groups is 1. The maximum Gasteiger partial charge on any atom is 0.253 e. The Hall–Kier alpha value is -1.43. The van der Waals surface area contributed by atoms with Gasteiger partial charge in [0.2, 0.25) is 0 Å². The molecule has 0 spiro atoms. The second kappa shape index (κ2) is 8.10. The summed E-state index contributed by atoms with van der Waals surface area (Å²) in [6, 6.07) is 5.55. The summed E-state index contributed by atoms with van der Waals surface area (Å²) < 4.78 is 11.5. The van der Waals surface area contributed by atoms with Crippen molar-refractivity contribution >= 4 is 5.91 Å². The summed E-state index contributed by atoms with van der Waals surface area (Å²) in [6.45, 7) is 4.88. The number of ether oxygens (including phenoxy) is 2. The summed E-state index contributed by atoms with van der Waals surface area (Å²) >= 11 is 0. The molecule has 2 fully saturated rings. The summed E-state index contributed by atoms with van der Waals surface area (Å²) in [7, 11) is 0. The van der Waals surface area contributed by atoms with Gasteiger partial charge in [0.25, 0.3) is 5.91 Å². The van der Waals surface area contributed by atoms with Gasteiger partial charge >= 0.3 is 0 Å². The Labute approximate surface area is 143 Å². The Morgan fingerprint density at radius 1 is 1.33 bits per heavy atom. The molecule has 0 radical (unpaired) electrons. The Morgan fingerprint density at radius 2 is 2.12 bits per heavy atom. The first-order chi connectivity index (χ1) is 11.7. The highest BCUT2D eigenvalue weighted by Crippen LogP contribution is 2.20. The van der Waals surface area contributed by atoms with Crippen LogP contribution in [0.4, 0.5) is 0 Å². The minimum absolute atomic E-state index is 0.0356. The monoisotopic (exact) mass is 333 g/mol. The number of benzene rings is 1. The van der Waals surface area contributed by atoms with E-state index in [1.807, 2.05) is 24.0 Å². The van der Waals surface area contributed by atoms with Gasteiger partial charge in [-0.2, -0.15) is 0 Å². The average molecular weight is 333 g/mol. The molecule has 132 valence electrons. The number of hydrogen-bond acceptors (Lipinski definition) is 4.